The topological polar surface area (TPSA) is 39.5 Å². The van der Waals surface area contributed by atoms with Crippen molar-refractivity contribution in [3.63, 3.8) is 0 Å². The lowest BCUT2D eigenvalue weighted by molar-refractivity contribution is -0.0506. The highest BCUT2D eigenvalue weighted by atomic mass is 32.2. The van der Waals surface area contributed by atoms with E-state index in [-0.39, 0.29) is 11.1 Å². The smallest absolute Gasteiger partial charge is 0.387 e. The summed E-state index contributed by atoms with van der Waals surface area (Å²) in [6.45, 7) is 4.94. The van der Waals surface area contributed by atoms with Gasteiger partial charge in [-0.2, -0.15) is 14.0 Å². The molecule has 3 aliphatic rings. The summed E-state index contributed by atoms with van der Waals surface area (Å²) in [6.07, 6.45) is 9.03. The number of ether oxygens (including phenoxy) is 1. The second-order valence-corrected chi connectivity index (χ2v) is 11.5. The van der Waals surface area contributed by atoms with Gasteiger partial charge in [-0.15, -0.1) is 0 Å². The molecular formula is C26H35F2N3OS. The van der Waals surface area contributed by atoms with Crippen molar-refractivity contribution in [1.82, 2.24) is 9.80 Å². The molecule has 2 fully saturated rings. The fourth-order valence-corrected chi connectivity index (χ4v) is 6.50. The monoisotopic (exact) mass is 475 g/mol. The van der Waals surface area contributed by atoms with Gasteiger partial charge in [0.2, 0.25) is 0 Å². The highest BCUT2D eigenvalue weighted by Gasteiger charge is 2.33. The van der Waals surface area contributed by atoms with Crippen molar-refractivity contribution in [2.45, 2.75) is 57.9 Å². The Bertz CT molecular complexity index is 896. The molecule has 0 amide bonds. The number of rotatable bonds is 9. The predicted octanol–water partition coefficient (Wildman–Crippen LogP) is 6.46. The van der Waals surface area contributed by atoms with Crippen molar-refractivity contribution >= 4 is 11.8 Å². The molecule has 33 heavy (non-hydrogen) atoms. The predicted molar refractivity (Wildman–Crippen MR) is 129 cm³/mol. The molecule has 0 radical (unpaired) electrons. The number of piperidine rings is 1. The molecule has 180 valence electrons. The molecule has 3 atom stereocenters. The molecule has 0 bridgehead atoms. The molecule has 4 nitrogen and oxygen atoms in total. The maximum Gasteiger partial charge on any atom is 0.387 e. The Morgan fingerprint density at radius 3 is 2.61 bits per heavy atom. The number of hydrogen-bond donors (Lipinski definition) is 0. The van der Waals surface area contributed by atoms with E-state index < -0.39 is 6.61 Å². The summed E-state index contributed by atoms with van der Waals surface area (Å²) in [6, 6.07) is 6.79. The third kappa shape index (κ3) is 6.42. The van der Waals surface area contributed by atoms with Crippen LogP contribution in [0.4, 0.5) is 8.78 Å². The molecule has 0 N–H and O–H groups in total. The number of likely N-dealkylation sites (tertiary alicyclic amines) is 1. The molecule has 7 heteroatoms. The van der Waals surface area contributed by atoms with Crippen molar-refractivity contribution in [3.05, 3.63) is 40.4 Å². The number of halogens is 2. The van der Waals surface area contributed by atoms with Crippen LogP contribution < -0.4 is 4.74 Å². The molecule has 1 aromatic carbocycles. The maximum atomic E-state index is 13.0. The van der Waals surface area contributed by atoms with Crippen LogP contribution >= 0.6 is 11.8 Å². The summed E-state index contributed by atoms with van der Waals surface area (Å²) in [7, 11) is 1.96. The van der Waals surface area contributed by atoms with Crippen molar-refractivity contribution in [1.29, 1.82) is 5.26 Å². The van der Waals surface area contributed by atoms with Gasteiger partial charge in [0, 0.05) is 43.4 Å². The van der Waals surface area contributed by atoms with Crippen LogP contribution in [0.25, 0.3) is 0 Å². The zero-order valence-corrected chi connectivity index (χ0v) is 20.7. The molecule has 1 saturated carbocycles. The van der Waals surface area contributed by atoms with Gasteiger partial charge in [-0.3, -0.25) is 4.90 Å². The second kappa shape index (κ2) is 10.7. The Labute approximate surface area is 201 Å². The summed E-state index contributed by atoms with van der Waals surface area (Å²) in [5.74, 6) is 3.29. The Kier molecular flexibility index (Phi) is 7.86. The van der Waals surface area contributed by atoms with Gasteiger partial charge >= 0.3 is 6.61 Å². The second-order valence-electron chi connectivity index (χ2n) is 10.3. The zero-order chi connectivity index (χ0) is 23.5. The van der Waals surface area contributed by atoms with Crippen LogP contribution in [0.2, 0.25) is 0 Å². The molecule has 0 spiro atoms. The third-order valence-corrected chi connectivity index (χ3v) is 8.60. The van der Waals surface area contributed by atoms with Gasteiger partial charge in [-0.1, -0.05) is 44.9 Å². The summed E-state index contributed by atoms with van der Waals surface area (Å²) >= 11 is 1.68. The Morgan fingerprint density at radius 1 is 1.18 bits per heavy atom. The van der Waals surface area contributed by atoms with Gasteiger partial charge in [-0.05, 0) is 54.7 Å². The summed E-state index contributed by atoms with van der Waals surface area (Å²) < 4.78 is 30.7. The normalized spacial score (nSPS) is 26.1. The number of nitriles is 1. The van der Waals surface area contributed by atoms with E-state index in [0.717, 1.165) is 37.4 Å². The molecule has 1 aromatic rings. The van der Waals surface area contributed by atoms with Crippen LogP contribution in [0.1, 0.15) is 62.5 Å². The highest BCUT2D eigenvalue weighted by molar-refractivity contribution is 8.03. The lowest BCUT2D eigenvalue weighted by atomic mass is 9.80. The minimum atomic E-state index is -2.89. The van der Waals surface area contributed by atoms with Crippen LogP contribution in [0, 0.1) is 35.0 Å². The molecule has 4 rings (SSSR count). The van der Waals surface area contributed by atoms with Crippen LogP contribution in [0.15, 0.2) is 29.3 Å². The highest BCUT2D eigenvalue weighted by Crippen LogP contribution is 2.47. The minimum Gasteiger partial charge on any atom is -0.434 e. The number of benzene rings is 1. The van der Waals surface area contributed by atoms with E-state index in [2.05, 4.69) is 31.0 Å². The average Bonchev–Trinajstić information content (AvgIpc) is 3.54. The van der Waals surface area contributed by atoms with E-state index in [9.17, 15) is 14.0 Å². The first-order chi connectivity index (χ1) is 15.8. The number of alkyl halides is 2. The molecule has 2 heterocycles. The van der Waals surface area contributed by atoms with Gasteiger partial charge in [-0.25, -0.2) is 0 Å². The molecule has 0 aromatic heterocycles. The average molecular weight is 476 g/mol. The first kappa shape index (κ1) is 24.3. The van der Waals surface area contributed by atoms with Crippen molar-refractivity contribution in [3.8, 4) is 11.8 Å². The standard InChI is InChI=1S/C26H35F2N3OS/c1-17(2)21-10-20(7-6-18-4-5-18)13-31(14-21)16-22-15-30(3)25(33-22)23-11-19(12-29)8-9-24(23)32-26(27)28/h8-9,11,15,17-18,20-21,25-26H,4-7,10,13-14,16H2,1-3H3. The molecular weight excluding hydrogens is 440 g/mol. The number of thioether (sulfide) groups is 1. The van der Waals surface area contributed by atoms with Crippen LogP contribution in [-0.2, 0) is 0 Å². The third-order valence-electron chi connectivity index (χ3n) is 7.25. The lowest BCUT2D eigenvalue weighted by Gasteiger charge is -2.40. The first-order valence-corrected chi connectivity index (χ1v) is 13.0. The molecule has 3 unspecified atom stereocenters. The largest absolute Gasteiger partial charge is 0.434 e. The Morgan fingerprint density at radius 2 is 1.94 bits per heavy atom. The Balaban J connectivity index is 1.43. The Hall–Kier alpha value is -1.78. The van der Waals surface area contributed by atoms with Crippen LogP contribution in [-0.4, -0.2) is 43.1 Å². The van der Waals surface area contributed by atoms with Crippen LogP contribution in [0.3, 0.4) is 0 Å². The number of nitrogens with zero attached hydrogens (tertiary/aromatic N) is 3. The van der Waals surface area contributed by atoms with Crippen molar-refractivity contribution in [2.75, 3.05) is 26.7 Å². The fraction of sp³-hybridized carbons (Fsp3) is 0.654. The quantitative estimate of drug-likeness (QED) is 0.410. The van der Waals surface area contributed by atoms with E-state index in [4.69, 9.17) is 4.74 Å². The summed E-state index contributed by atoms with van der Waals surface area (Å²) in [5, 5.41) is 9.13. The molecule has 1 saturated heterocycles. The van der Waals surface area contributed by atoms with E-state index in [1.807, 2.05) is 11.9 Å². The maximum absolute atomic E-state index is 13.0. The van der Waals surface area contributed by atoms with Gasteiger partial charge in [0.05, 0.1) is 11.6 Å². The summed E-state index contributed by atoms with van der Waals surface area (Å²) in [4.78, 5) is 5.88. The lowest BCUT2D eigenvalue weighted by Crippen LogP contribution is -2.42. The first-order valence-electron chi connectivity index (χ1n) is 12.1. The van der Waals surface area contributed by atoms with Gasteiger partial charge < -0.3 is 9.64 Å². The number of hydrogen-bond acceptors (Lipinski definition) is 5. The van der Waals surface area contributed by atoms with Crippen LogP contribution in [0.5, 0.6) is 5.75 Å². The zero-order valence-electron chi connectivity index (χ0n) is 19.8. The van der Waals surface area contributed by atoms with E-state index >= 15 is 0 Å². The van der Waals surface area contributed by atoms with Crippen molar-refractivity contribution in [2.24, 2.45) is 23.7 Å². The summed E-state index contributed by atoms with van der Waals surface area (Å²) in [5.41, 5.74) is 1.07. The van der Waals surface area contributed by atoms with Gasteiger partial charge in [0.15, 0.2) is 0 Å². The molecule has 2 aliphatic heterocycles. The SMILES string of the molecule is CC(C)C1CC(CCC2CC2)CN(CC2=CN(C)C(c3cc(C#N)ccc3OC(F)F)S2)C1. The van der Waals surface area contributed by atoms with E-state index in [1.165, 1.54) is 49.1 Å². The van der Waals surface area contributed by atoms with Gasteiger partial charge in [0.1, 0.15) is 11.1 Å². The van der Waals surface area contributed by atoms with Gasteiger partial charge in [0.25, 0.3) is 0 Å². The molecule has 1 aliphatic carbocycles. The fourth-order valence-electron chi connectivity index (χ4n) is 5.20. The van der Waals surface area contributed by atoms with Crippen molar-refractivity contribution < 1.29 is 13.5 Å². The minimum absolute atomic E-state index is 0.140. The van der Waals surface area contributed by atoms with E-state index in [1.54, 1.807) is 17.8 Å². The van der Waals surface area contributed by atoms with E-state index in [0.29, 0.717) is 17.0 Å².